The summed E-state index contributed by atoms with van der Waals surface area (Å²) in [7, 11) is 1.71. The molecule has 0 aliphatic heterocycles. The molecule has 0 aliphatic carbocycles. The molecular weight excluding hydrogens is 534 g/mol. The van der Waals surface area contributed by atoms with E-state index in [2.05, 4.69) is 20.4 Å². The maximum atomic E-state index is 12.1. The van der Waals surface area contributed by atoms with E-state index >= 15 is 0 Å². The van der Waals surface area contributed by atoms with Gasteiger partial charge >= 0.3 is 6.18 Å². The predicted octanol–water partition coefficient (Wildman–Crippen LogP) is 5.05. The van der Waals surface area contributed by atoms with E-state index in [1.807, 2.05) is 42.5 Å². The second-order valence-electron chi connectivity index (χ2n) is 7.02. The zero-order valence-electron chi connectivity index (χ0n) is 18.2. The van der Waals surface area contributed by atoms with Crippen LogP contribution in [0.15, 0.2) is 59.6 Å². The van der Waals surface area contributed by atoms with E-state index in [-0.39, 0.29) is 30.6 Å². The average Bonchev–Trinajstić information content (AvgIpc) is 2.76. The number of unbranched alkanes of at least 4 members (excludes halogenated alkanes) is 1. The van der Waals surface area contributed by atoms with Gasteiger partial charge in [-0.05, 0) is 29.5 Å². The second kappa shape index (κ2) is 15.9. The Bertz CT molecular complexity index is 772. The molecule has 0 aliphatic rings. The third-order valence-corrected chi connectivity index (χ3v) is 4.36. The molecule has 5 nitrogen and oxygen atoms in total. The minimum atomic E-state index is -4.30. The zero-order valence-corrected chi connectivity index (χ0v) is 20.5. The van der Waals surface area contributed by atoms with Gasteiger partial charge in [-0.1, -0.05) is 54.6 Å². The summed E-state index contributed by atoms with van der Waals surface area (Å²) in [4.78, 5) is 4.19. The van der Waals surface area contributed by atoms with Crippen molar-refractivity contribution in [3.05, 3.63) is 71.3 Å². The molecule has 0 aromatic heterocycles. The fourth-order valence-electron chi connectivity index (χ4n) is 2.74. The van der Waals surface area contributed by atoms with Crippen LogP contribution in [0.2, 0.25) is 0 Å². The molecule has 0 saturated carbocycles. The minimum absolute atomic E-state index is 0. The lowest BCUT2D eigenvalue weighted by molar-refractivity contribution is -0.176. The molecule has 0 radical (unpaired) electrons. The van der Waals surface area contributed by atoms with Crippen LogP contribution in [0.1, 0.15) is 29.5 Å². The highest BCUT2D eigenvalue weighted by molar-refractivity contribution is 14.0. The summed E-state index contributed by atoms with van der Waals surface area (Å²) in [6.07, 6.45) is -2.39. The summed E-state index contributed by atoms with van der Waals surface area (Å²) in [5.74, 6) is 0.697. The molecule has 2 aromatic carbocycles. The molecule has 0 atom stereocenters. The van der Waals surface area contributed by atoms with Gasteiger partial charge in [0.15, 0.2) is 5.96 Å². The van der Waals surface area contributed by atoms with Gasteiger partial charge in [-0.25, -0.2) is 0 Å². The van der Waals surface area contributed by atoms with Crippen LogP contribution in [0.25, 0.3) is 0 Å². The second-order valence-corrected chi connectivity index (χ2v) is 7.02. The number of halogens is 4. The van der Waals surface area contributed by atoms with Crippen molar-refractivity contribution in [2.45, 2.75) is 38.8 Å². The maximum absolute atomic E-state index is 12.1. The van der Waals surface area contributed by atoms with Gasteiger partial charge in [0.1, 0.15) is 6.61 Å². The van der Waals surface area contributed by atoms with Gasteiger partial charge in [0, 0.05) is 26.7 Å². The standard InChI is InChI=1S/C23H30F3N3O2.HI/c1-27-22(28-13-5-6-14-30-16-20-7-3-2-4-8-20)29-15-19-9-11-21(12-10-19)17-31-18-23(24,25)26;/h2-4,7-12H,5-6,13-18H2,1H3,(H2,27,28,29);1H. The zero-order chi connectivity index (χ0) is 22.4. The van der Waals surface area contributed by atoms with Gasteiger partial charge in [0.2, 0.25) is 0 Å². The number of rotatable bonds is 12. The quantitative estimate of drug-likeness (QED) is 0.164. The molecule has 0 unspecified atom stereocenters. The van der Waals surface area contributed by atoms with Gasteiger partial charge in [0.05, 0.1) is 13.2 Å². The Morgan fingerprint density at radius 2 is 1.47 bits per heavy atom. The molecule has 9 heteroatoms. The fourth-order valence-corrected chi connectivity index (χ4v) is 2.74. The van der Waals surface area contributed by atoms with E-state index < -0.39 is 12.8 Å². The number of hydrogen-bond acceptors (Lipinski definition) is 3. The number of nitrogens with one attached hydrogen (secondary N) is 2. The van der Waals surface area contributed by atoms with Crippen LogP contribution in [0.4, 0.5) is 13.2 Å². The van der Waals surface area contributed by atoms with Crippen LogP contribution < -0.4 is 10.6 Å². The van der Waals surface area contributed by atoms with Crippen LogP contribution in [0, 0.1) is 0 Å². The Morgan fingerprint density at radius 3 is 2.12 bits per heavy atom. The van der Waals surface area contributed by atoms with E-state index in [9.17, 15) is 13.2 Å². The topological polar surface area (TPSA) is 54.9 Å². The van der Waals surface area contributed by atoms with Crippen molar-refractivity contribution in [2.75, 3.05) is 26.8 Å². The summed E-state index contributed by atoms with van der Waals surface area (Å²) in [5, 5.41) is 6.48. The Hall–Kier alpha value is -1.85. The molecule has 2 aromatic rings. The number of guanidine groups is 1. The molecule has 0 bridgehead atoms. The van der Waals surface area contributed by atoms with E-state index in [1.54, 1.807) is 19.2 Å². The number of benzene rings is 2. The van der Waals surface area contributed by atoms with Gasteiger partial charge < -0.3 is 20.1 Å². The van der Waals surface area contributed by atoms with Crippen LogP contribution in [0.5, 0.6) is 0 Å². The van der Waals surface area contributed by atoms with Crippen molar-refractivity contribution in [1.29, 1.82) is 0 Å². The van der Waals surface area contributed by atoms with Crippen LogP contribution in [0.3, 0.4) is 0 Å². The number of nitrogens with zero attached hydrogens (tertiary/aromatic N) is 1. The van der Waals surface area contributed by atoms with Crippen molar-refractivity contribution < 1.29 is 22.6 Å². The van der Waals surface area contributed by atoms with E-state index in [4.69, 9.17) is 4.74 Å². The fraction of sp³-hybridized carbons (Fsp3) is 0.435. The molecular formula is C23H31F3IN3O2. The van der Waals surface area contributed by atoms with E-state index in [0.717, 1.165) is 24.9 Å². The lowest BCUT2D eigenvalue weighted by atomic mass is 10.1. The molecule has 2 rings (SSSR count). The molecule has 0 amide bonds. The summed E-state index contributed by atoms with van der Waals surface area (Å²) in [6.45, 7) is 1.38. The molecule has 0 saturated heterocycles. The maximum Gasteiger partial charge on any atom is 0.411 e. The third kappa shape index (κ3) is 12.9. The van der Waals surface area contributed by atoms with Gasteiger partial charge in [-0.15, -0.1) is 24.0 Å². The monoisotopic (exact) mass is 565 g/mol. The molecule has 0 fully saturated rings. The van der Waals surface area contributed by atoms with Crippen molar-refractivity contribution in [3.63, 3.8) is 0 Å². The highest BCUT2D eigenvalue weighted by Gasteiger charge is 2.27. The number of alkyl halides is 3. The SMILES string of the molecule is CN=C(NCCCCOCc1ccccc1)NCc1ccc(COCC(F)(F)F)cc1.I. The molecule has 0 heterocycles. The number of ether oxygens (including phenoxy) is 2. The molecule has 178 valence electrons. The highest BCUT2D eigenvalue weighted by atomic mass is 127. The van der Waals surface area contributed by atoms with Crippen LogP contribution >= 0.6 is 24.0 Å². The summed E-state index contributed by atoms with van der Waals surface area (Å²) in [6, 6.07) is 17.3. The Kier molecular flexibility index (Phi) is 14.0. The minimum Gasteiger partial charge on any atom is -0.377 e. The largest absolute Gasteiger partial charge is 0.411 e. The van der Waals surface area contributed by atoms with Crippen LogP contribution in [-0.4, -0.2) is 38.9 Å². The van der Waals surface area contributed by atoms with Gasteiger partial charge in [-0.2, -0.15) is 13.2 Å². The number of aliphatic imine (C=N–C) groups is 1. The highest BCUT2D eigenvalue weighted by Crippen LogP contribution is 2.15. The Morgan fingerprint density at radius 1 is 0.844 bits per heavy atom. The normalized spacial score (nSPS) is 11.7. The van der Waals surface area contributed by atoms with Crippen LogP contribution in [-0.2, 0) is 29.2 Å². The summed E-state index contributed by atoms with van der Waals surface area (Å²) < 4.78 is 46.7. The lowest BCUT2D eigenvalue weighted by Crippen LogP contribution is -2.37. The predicted molar refractivity (Wildman–Crippen MR) is 131 cm³/mol. The first-order valence-corrected chi connectivity index (χ1v) is 10.2. The Balaban J connectivity index is 0.00000512. The van der Waals surface area contributed by atoms with Gasteiger partial charge in [0.25, 0.3) is 0 Å². The van der Waals surface area contributed by atoms with Crippen molar-refractivity contribution >= 4 is 29.9 Å². The smallest absolute Gasteiger partial charge is 0.377 e. The third-order valence-electron chi connectivity index (χ3n) is 4.36. The summed E-state index contributed by atoms with van der Waals surface area (Å²) in [5.41, 5.74) is 2.87. The first kappa shape index (κ1) is 28.2. The first-order chi connectivity index (χ1) is 15.0. The first-order valence-electron chi connectivity index (χ1n) is 10.2. The van der Waals surface area contributed by atoms with Crippen molar-refractivity contribution in [3.8, 4) is 0 Å². The average molecular weight is 565 g/mol. The van der Waals surface area contributed by atoms with Crippen molar-refractivity contribution in [1.82, 2.24) is 10.6 Å². The van der Waals surface area contributed by atoms with E-state index in [0.29, 0.717) is 31.3 Å². The lowest BCUT2D eigenvalue weighted by Gasteiger charge is -2.12. The summed E-state index contributed by atoms with van der Waals surface area (Å²) >= 11 is 0. The Labute approximate surface area is 204 Å². The molecule has 0 spiro atoms. The van der Waals surface area contributed by atoms with Gasteiger partial charge in [-0.3, -0.25) is 4.99 Å². The van der Waals surface area contributed by atoms with E-state index in [1.165, 1.54) is 5.56 Å². The molecule has 2 N–H and O–H groups in total. The molecule has 32 heavy (non-hydrogen) atoms. The number of hydrogen-bond donors (Lipinski definition) is 2. The van der Waals surface area contributed by atoms with Crippen molar-refractivity contribution in [2.24, 2.45) is 4.99 Å².